The fourth-order valence-electron chi connectivity index (χ4n) is 2.66. The minimum atomic E-state index is -0.369. The third-order valence-electron chi connectivity index (χ3n) is 3.69. The van der Waals surface area contributed by atoms with Crippen LogP contribution in [-0.4, -0.2) is 35.1 Å². The number of carbonyl (C=O) groups excluding carboxylic acids is 1. The number of amides is 1. The van der Waals surface area contributed by atoms with Crippen molar-refractivity contribution in [1.29, 1.82) is 0 Å². The van der Waals surface area contributed by atoms with Crippen LogP contribution in [0.4, 0.5) is 4.39 Å². The average molecular weight is 290 g/mol. The molecule has 112 valence electrons. The SMILES string of the molecule is NC(=O)C1CCCCN1Cc1ccc(F)cc1C#CCO. The van der Waals surface area contributed by atoms with Gasteiger partial charge in [0.15, 0.2) is 0 Å². The Bertz CT molecular complexity index is 577. The molecule has 1 aliphatic heterocycles. The highest BCUT2D eigenvalue weighted by Crippen LogP contribution is 2.21. The molecule has 5 heteroatoms. The van der Waals surface area contributed by atoms with Crippen LogP contribution >= 0.6 is 0 Å². The van der Waals surface area contributed by atoms with Crippen molar-refractivity contribution in [2.24, 2.45) is 5.73 Å². The number of likely N-dealkylation sites (tertiary alicyclic amines) is 1. The number of rotatable bonds is 3. The molecule has 1 fully saturated rings. The molecule has 4 nitrogen and oxygen atoms in total. The van der Waals surface area contributed by atoms with E-state index in [-0.39, 0.29) is 24.4 Å². The Kier molecular flexibility index (Phi) is 5.32. The van der Waals surface area contributed by atoms with Gasteiger partial charge in [-0.15, -0.1) is 0 Å². The molecule has 1 aromatic carbocycles. The van der Waals surface area contributed by atoms with E-state index in [1.807, 2.05) is 4.90 Å². The first-order valence-electron chi connectivity index (χ1n) is 7.03. The van der Waals surface area contributed by atoms with Crippen molar-refractivity contribution in [1.82, 2.24) is 4.90 Å². The van der Waals surface area contributed by atoms with Crippen LogP contribution in [0.1, 0.15) is 30.4 Å². The van der Waals surface area contributed by atoms with E-state index in [1.54, 1.807) is 6.07 Å². The van der Waals surface area contributed by atoms with Crippen LogP contribution in [0.5, 0.6) is 0 Å². The Hall–Kier alpha value is -1.90. The summed E-state index contributed by atoms with van der Waals surface area (Å²) in [7, 11) is 0. The molecule has 1 amide bonds. The maximum atomic E-state index is 13.3. The number of piperidine rings is 1. The number of nitrogens with two attached hydrogens (primary N) is 1. The molecule has 1 unspecified atom stereocenters. The van der Waals surface area contributed by atoms with Gasteiger partial charge in [0.05, 0.1) is 6.04 Å². The quantitative estimate of drug-likeness (QED) is 0.817. The molecule has 0 radical (unpaired) electrons. The van der Waals surface area contributed by atoms with Gasteiger partial charge >= 0.3 is 0 Å². The zero-order chi connectivity index (χ0) is 15.2. The van der Waals surface area contributed by atoms with E-state index in [1.165, 1.54) is 12.1 Å². The lowest BCUT2D eigenvalue weighted by Crippen LogP contribution is -2.47. The highest BCUT2D eigenvalue weighted by Gasteiger charge is 2.27. The first-order valence-corrected chi connectivity index (χ1v) is 7.03. The van der Waals surface area contributed by atoms with Crippen molar-refractivity contribution in [2.75, 3.05) is 13.2 Å². The molecule has 1 aliphatic rings. The number of halogens is 1. The van der Waals surface area contributed by atoms with Gasteiger partial charge < -0.3 is 10.8 Å². The smallest absolute Gasteiger partial charge is 0.234 e. The molecule has 1 atom stereocenters. The van der Waals surface area contributed by atoms with E-state index in [2.05, 4.69) is 11.8 Å². The van der Waals surface area contributed by atoms with E-state index in [0.29, 0.717) is 12.1 Å². The number of aliphatic hydroxyl groups is 1. The second kappa shape index (κ2) is 7.21. The zero-order valence-corrected chi connectivity index (χ0v) is 11.8. The normalized spacial score (nSPS) is 18.9. The third-order valence-corrected chi connectivity index (χ3v) is 3.69. The van der Waals surface area contributed by atoms with E-state index < -0.39 is 0 Å². The predicted octanol–water partition coefficient (Wildman–Crippen LogP) is 1.01. The van der Waals surface area contributed by atoms with Gasteiger partial charge in [0.2, 0.25) is 5.91 Å². The molecule has 2 rings (SSSR count). The summed E-state index contributed by atoms with van der Waals surface area (Å²) in [5.74, 6) is 4.60. The van der Waals surface area contributed by atoms with Gasteiger partial charge in [-0.05, 0) is 37.1 Å². The van der Waals surface area contributed by atoms with E-state index in [0.717, 1.165) is 31.4 Å². The largest absolute Gasteiger partial charge is 0.384 e. The Balaban J connectivity index is 2.23. The summed E-state index contributed by atoms with van der Waals surface area (Å²) in [6, 6.07) is 4.12. The van der Waals surface area contributed by atoms with Crippen LogP contribution in [0, 0.1) is 17.7 Å². The van der Waals surface area contributed by atoms with Gasteiger partial charge in [-0.1, -0.05) is 24.3 Å². The Morgan fingerprint density at radius 2 is 2.29 bits per heavy atom. The molecule has 1 aromatic rings. The van der Waals surface area contributed by atoms with Gasteiger partial charge in [0, 0.05) is 12.1 Å². The average Bonchev–Trinajstić information content (AvgIpc) is 2.47. The summed E-state index contributed by atoms with van der Waals surface area (Å²) in [6.07, 6.45) is 2.77. The van der Waals surface area contributed by atoms with Crippen molar-refractivity contribution >= 4 is 5.91 Å². The lowest BCUT2D eigenvalue weighted by atomic mass is 9.99. The monoisotopic (exact) mass is 290 g/mol. The minimum Gasteiger partial charge on any atom is -0.384 e. The predicted molar refractivity (Wildman–Crippen MR) is 77.6 cm³/mol. The van der Waals surface area contributed by atoms with Crippen molar-refractivity contribution in [3.8, 4) is 11.8 Å². The topological polar surface area (TPSA) is 66.6 Å². The number of nitrogens with zero attached hydrogens (tertiary/aromatic N) is 1. The van der Waals surface area contributed by atoms with Crippen LogP contribution in [0.15, 0.2) is 18.2 Å². The molecule has 0 saturated carbocycles. The molecule has 0 aromatic heterocycles. The maximum absolute atomic E-state index is 13.3. The fourth-order valence-corrected chi connectivity index (χ4v) is 2.66. The summed E-state index contributed by atoms with van der Waals surface area (Å²) in [4.78, 5) is 13.5. The van der Waals surface area contributed by atoms with Crippen LogP contribution in [0.3, 0.4) is 0 Å². The lowest BCUT2D eigenvalue weighted by molar-refractivity contribution is -0.124. The number of hydrogen-bond donors (Lipinski definition) is 2. The van der Waals surface area contributed by atoms with Crippen LogP contribution in [-0.2, 0) is 11.3 Å². The molecule has 1 heterocycles. The molecular formula is C16H19FN2O2. The standard InChI is InChI=1S/C16H19FN2O2/c17-14-7-6-13(12(10-14)4-3-9-20)11-19-8-2-1-5-15(19)16(18)21/h6-7,10,15,20H,1-2,5,8-9,11H2,(H2,18,21). The first-order chi connectivity index (χ1) is 10.1. The van der Waals surface area contributed by atoms with E-state index in [4.69, 9.17) is 10.8 Å². The van der Waals surface area contributed by atoms with Gasteiger partial charge in [-0.25, -0.2) is 4.39 Å². The molecule has 1 saturated heterocycles. The molecule has 0 aliphatic carbocycles. The summed E-state index contributed by atoms with van der Waals surface area (Å²) in [5, 5.41) is 8.79. The highest BCUT2D eigenvalue weighted by molar-refractivity contribution is 5.79. The number of carbonyl (C=O) groups is 1. The Morgan fingerprint density at radius 1 is 1.48 bits per heavy atom. The Labute approximate surface area is 123 Å². The van der Waals surface area contributed by atoms with Gasteiger partial charge in [-0.2, -0.15) is 0 Å². The van der Waals surface area contributed by atoms with Gasteiger partial charge in [0.25, 0.3) is 0 Å². The second-order valence-electron chi connectivity index (χ2n) is 5.15. The van der Waals surface area contributed by atoms with Crippen molar-refractivity contribution in [3.05, 3.63) is 35.1 Å². The second-order valence-corrected chi connectivity index (χ2v) is 5.15. The lowest BCUT2D eigenvalue weighted by Gasteiger charge is -2.33. The number of hydrogen-bond acceptors (Lipinski definition) is 3. The van der Waals surface area contributed by atoms with Crippen LogP contribution < -0.4 is 5.73 Å². The van der Waals surface area contributed by atoms with Gasteiger partial charge in [-0.3, -0.25) is 9.69 Å². The van der Waals surface area contributed by atoms with Crippen LogP contribution in [0.2, 0.25) is 0 Å². The minimum absolute atomic E-state index is 0.274. The number of primary amides is 1. The molecule has 0 bridgehead atoms. The Morgan fingerprint density at radius 3 is 3.00 bits per heavy atom. The zero-order valence-electron chi connectivity index (χ0n) is 11.8. The molecule has 3 N–H and O–H groups in total. The summed E-state index contributed by atoms with van der Waals surface area (Å²) in [6.45, 7) is 1.02. The maximum Gasteiger partial charge on any atom is 0.234 e. The van der Waals surface area contributed by atoms with E-state index in [9.17, 15) is 9.18 Å². The number of benzene rings is 1. The van der Waals surface area contributed by atoms with E-state index >= 15 is 0 Å². The van der Waals surface area contributed by atoms with Crippen molar-refractivity contribution in [2.45, 2.75) is 31.8 Å². The van der Waals surface area contributed by atoms with Crippen LogP contribution in [0.25, 0.3) is 0 Å². The summed E-state index contributed by atoms with van der Waals surface area (Å²) in [5.41, 5.74) is 6.83. The highest BCUT2D eigenvalue weighted by atomic mass is 19.1. The molecular weight excluding hydrogens is 271 g/mol. The summed E-state index contributed by atoms with van der Waals surface area (Å²) < 4.78 is 13.3. The van der Waals surface area contributed by atoms with Gasteiger partial charge in [0.1, 0.15) is 12.4 Å². The third kappa shape index (κ3) is 4.03. The number of aliphatic hydroxyl groups excluding tert-OH is 1. The van der Waals surface area contributed by atoms with Crippen molar-refractivity contribution in [3.63, 3.8) is 0 Å². The fraction of sp³-hybridized carbons (Fsp3) is 0.438. The first kappa shape index (κ1) is 15.5. The summed E-state index contributed by atoms with van der Waals surface area (Å²) >= 11 is 0. The van der Waals surface area contributed by atoms with Crippen molar-refractivity contribution < 1.29 is 14.3 Å². The molecule has 0 spiro atoms. The molecule has 21 heavy (non-hydrogen) atoms.